The van der Waals surface area contributed by atoms with Crippen LogP contribution in [0.25, 0.3) is 11.1 Å². The molecule has 0 aliphatic rings. The molecule has 1 heterocycles. The zero-order valence-corrected chi connectivity index (χ0v) is 15.0. The van der Waals surface area contributed by atoms with Gasteiger partial charge in [0.05, 0.1) is 21.9 Å². The highest BCUT2D eigenvalue weighted by Gasteiger charge is 2.17. The summed E-state index contributed by atoms with van der Waals surface area (Å²) in [7, 11) is 0. The molecular formula is C21H17N3OS. The van der Waals surface area contributed by atoms with E-state index >= 15 is 0 Å². The molecule has 0 bridgehead atoms. The smallest absolute Gasteiger partial charge is 0.237 e. The van der Waals surface area contributed by atoms with Crippen molar-refractivity contribution >= 4 is 23.4 Å². The van der Waals surface area contributed by atoms with Crippen LogP contribution in [0, 0.1) is 11.3 Å². The van der Waals surface area contributed by atoms with E-state index in [0.717, 1.165) is 16.8 Å². The van der Waals surface area contributed by atoms with Crippen molar-refractivity contribution in [3.63, 3.8) is 0 Å². The Bertz CT molecular complexity index is 951. The Morgan fingerprint density at radius 3 is 2.62 bits per heavy atom. The monoisotopic (exact) mass is 359 g/mol. The van der Waals surface area contributed by atoms with Crippen molar-refractivity contribution in [3.8, 4) is 17.2 Å². The number of nitrogens with zero attached hydrogens (tertiary/aromatic N) is 2. The number of carbonyl (C=O) groups excluding carboxylic acids is 1. The third-order valence-corrected chi connectivity index (χ3v) is 4.83. The fourth-order valence-electron chi connectivity index (χ4n) is 2.47. The third-order valence-electron chi connectivity index (χ3n) is 3.80. The van der Waals surface area contributed by atoms with E-state index in [0.29, 0.717) is 10.6 Å². The molecule has 26 heavy (non-hydrogen) atoms. The number of hydrogen-bond acceptors (Lipinski definition) is 4. The number of nitriles is 1. The van der Waals surface area contributed by atoms with Crippen LogP contribution in [0.15, 0.2) is 78.0 Å². The highest BCUT2D eigenvalue weighted by Crippen LogP contribution is 2.29. The van der Waals surface area contributed by atoms with Crippen molar-refractivity contribution < 1.29 is 4.79 Å². The second-order valence-electron chi connectivity index (χ2n) is 5.66. The van der Waals surface area contributed by atoms with Gasteiger partial charge in [0.15, 0.2) is 0 Å². The van der Waals surface area contributed by atoms with Crippen LogP contribution in [-0.4, -0.2) is 16.1 Å². The van der Waals surface area contributed by atoms with E-state index in [2.05, 4.69) is 16.4 Å². The quantitative estimate of drug-likeness (QED) is 0.668. The predicted molar refractivity (Wildman–Crippen MR) is 105 cm³/mol. The van der Waals surface area contributed by atoms with Gasteiger partial charge in [-0.25, -0.2) is 4.98 Å². The largest absolute Gasteiger partial charge is 0.325 e. The summed E-state index contributed by atoms with van der Waals surface area (Å²) in [5.41, 5.74) is 3.33. The Labute approximate surface area is 156 Å². The molecule has 0 aliphatic heterocycles. The van der Waals surface area contributed by atoms with Gasteiger partial charge in [-0.3, -0.25) is 4.79 Å². The number of benzene rings is 2. The van der Waals surface area contributed by atoms with E-state index in [1.54, 1.807) is 18.3 Å². The maximum Gasteiger partial charge on any atom is 0.237 e. The SMILES string of the molecule is CC(Sc1cc(C#N)ccn1)C(=O)Nc1ccccc1-c1ccccc1. The van der Waals surface area contributed by atoms with Gasteiger partial charge in [-0.2, -0.15) is 5.26 Å². The fourth-order valence-corrected chi connectivity index (χ4v) is 3.32. The number of aromatic nitrogens is 1. The van der Waals surface area contributed by atoms with Crippen molar-refractivity contribution in [2.45, 2.75) is 17.2 Å². The van der Waals surface area contributed by atoms with E-state index in [-0.39, 0.29) is 11.2 Å². The molecule has 0 aliphatic carbocycles. The van der Waals surface area contributed by atoms with Crippen LogP contribution in [0.2, 0.25) is 0 Å². The second-order valence-corrected chi connectivity index (χ2v) is 7.02. The molecule has 1 aromatic heterocycles. The van der Waals surface area contributed by atoms with Crippen LogP contribution in [-0.2, 0) is 4.79 Å². The van der Waals surface area contributed by atoms with E-state index in [4.69, 9.17) is 5.26 Å². The molecule has 0 spiro atoms. The van der Waals surface area contributed by atoms with Crippen molar-refractivity contribution in [3.05, 3.63) is 78.5 Å². The van der Waals surface area contributed by atoms with Crippen LogP contribution in [0.4, 0.5) is 5.69 Å². The Hall–Kier alpha value is -3.10. The fraction of sp³-hybridized carbons (Fsp3) is 0.0952. The molecule has 1 unspecified atom stereocenters. The standard InChI is InChI=1S/C21H17N3OS/c1-15(26-20-13-16(14-22)11-12-23-20)21(25)24-19-10-6-5-9-18(19)17-7-3-2-4-8-17/h2-13,15H,1H3,(H,24,25). The van der Waals surface area contributed by atoms with Gasteiger partial charge in [-0.05, 0) is 30.7 Å². The minimum absolute atomic E-state index is 0.109. The van der Waals surface area contributed by atoms with Crippen LogP contribution in [0.5, 0.6) is 0 Å². The molecule has 3 aromatic rings. The summed E-state index contributed by atoms with van der Waals surface area (Å²) in [6.45, 7) is 1.83. The van der Waals surface area contributed by atoms with Gasteiger partial charge in [0.2, 0.25) is 5.91 Å². The first-order chi connectivity index (χ1) is 12.7. The zero-order chi connectivity index (χ0) is 18.4. The lowest BCUT2D eigenvalue weighted by atomic mass is 10.0. The molecule has 1 N–H and O–H groups in total. The van der Waals surface area contributed by atoms with Crippen molar-refractivity contribution in [1.82, 2.24) is 4.98 Å². The first-order valence-corrected chi connectivity index (χ1v) is 9.03. The number of nitrogens with one attached hydrogen (secondary N) is 1. The Morgan fingerprint density at radius 2 is 1.85 bits per heavy atom. The normalized spacial score (nSPS) is 11.4. The number of pyridine rings is 1. The number of para-hydroxylation sites is 1. The maximum atomic E-state index is 12.6. The predicted octanol–water partition coefficient (Wildman–Crippen LogP) is 4.74. The minimum Gasteiger partial charge on any atom is -0.325 e. The lowest BCUT2D eigenvalue weighted by molar-refractivity contribution is -0.115. The van der Waals surface area contributed by atoms with E-state index < -0.39 is 0 Å². The number of carbonyl (C=O) groups is 1. The summed E-state index contributed by atoms with van der Waals surface area (Å²) in [4.78, 5) is 16.8. The lowest BCUT2D eigenvalue weighted by Gasteiger charge is -2.14. The second kappa shape index (κ2) is 8.32. The minimum atomic E-state index is -0.347. The summed E-state index contributed by atoms with van der Waals surface area (Å²) in [5.74, 6) is -0.109. The summed E-state index contributed by atoms with van der Waals surface area (Å²) in [6.07, 6.45) is 1.58. The number of anilines is 1. The Balaban J connectivity index is 1.75. The average Bonchev–Trinajstić information content (AvgIpc) is 2.69. The maximum absolute atomic E-state index is 12.6. The van der Waals surface area contributed by atoms with E-state index in [9.17, 15) is 4.79 Å². The van der Waals surface area contributed by atoms with Gasteiger partial charge in [0.25, 0.3) is 0 Å². The van der Waals surface area contributed by atoms with Crippen LogP contribution >= 0.6 is 11.8 Å². The summed E-state index contributed by atoms with van der Waals surface area (Å²) in [5, 5.41) is 12.3. The average molecular weight is 359 g/mol. The summed E-state index contributed by atoms with van der Waals surface area (Å²) < 4.78 is 0. The van der Waals surface area contributed by atoms with Crippen LogP contribution < -0.4 is 5.32 Å². The number of rotatable bonds is 5. The molecule has 0 fully saturated rings. The van der Waals surface area contributed by atoms with Crippen molar-refractivity contribution in [2.24, 2.45) is 0 Å². The molecule has 0 radical (unpaired) electrons. The molecule has 0 saturated carbocycles. The van der Waals surface area contributed by atoms with Crippen LogP contribution in [0.3, 0.4) is 0 Å². The number of amides is 1. The van der Waals surface area contributed by atoms with E-state index in [1.807, 2.05) is 61.5 Å². The van der Waals surface area contributed by atoms with Gasteiger partial charge in [0, 0.05) is 17.4 Å². The summed E-state index contributed by atoms with van der Waals surface area (Å²) >= 11 is 1.33. The van der Waals surface area contributed by atoms with Gasteiger partial charge >= 0.3 is 0 Å². The molecule has 128 valence electrons. The molecule has 3 rings (SSSR count). The first kappa shape index (κ1) is 17.7. The molecule has 5 heteroatoms. The Kier molecular flexibility index (Phi) is 5.67. The van der Waals surface area contributed by atoms with Crippen LogP contribution in [0.1, 0.15) is 12.5 Å². The van der Waals surface area contributed by atoms with Gasteiger partial charge in [-0.1, -0.05) is 60.3 Å². The number of thioether (sulfide) groups is 1. The molecule has 0 saturated heterocycles. The number of hydrogen-bond donors (Lipinski definition) is 1. The van der Waals surface area contributed by atoms with Crippen molar-refractivity contribution in [1.29, 1.82) is 5.26 Å². The highest BCUT2D eigenvalue weighted by atomic mass is 32.2. The van der Waals surface area contributed by atoms with E-state index in [1.165, 1.54) is 11.8 Å². The Morgan fingerprint density at radius 1 is 1.12 bits per heavy atom. The first-order valence-electron chi connectivity index (χ1n) is 8.15. The molecule has 2 aromatic carbocycles. The van der Waals surface area contributed by atoms with Gasteiger partial charge in [-0.15, -0.1) is 0 Å². The highest BCUT2D eigenvalue weighted by molar-refractivity contribution is 8.00. The zero-order valence-electron chi connectivity index (χ0n) is 14.2. The summed E-state index contributed by atoms with van der Waals surface area (Å²) in [6, 6.07) is 23.1. The molecule has 1 amide bonds. The van der Waals surface area contributed by atoms with Gasteiger partial charge < -0.3 is 5.32 Å². The van der Waals surface area contributed by atoms with Gasteiger partial charge in [0.1, 0.15) is 0 Å². The topological polar surface area (TPSA) is 65.8 Å². The van der Waals surface area contributed by atoms with Crippen molar-refractivity contribution in [2.75, 3.05) is 5.32 Å². The molecular weight excluding hydrogens is 342 g/mol. The third kappa shape index (κ3) is 4.29. The molecule has 4 nitrogen and oxygen atoms in total. The molecule has 1 atom stereocenters. The lowest BCUT2D eigenvalue weighted by Crippen LogP contribution is -2.22.